The highest BCUT2D eigenvalue weighted by Gasteiger charge is 2.30. The van der Waals surface area contributed by atoms with Crippen molar-refractivity contribution in [2.24, 2.45) is 0 Å². The Bertz CT molecular complexity index is 914. The zero-order valence-electron chi connectivity index (χ0n) is 15.1. The van der Waals surface area contributed by atoms with E-state index < -0.39 is 6.10 Å². The van der Waals surface area contributed by atoms with E-state index >= 15 is 0 Å². The van der Waals surface area contributed by atoms with Crippen LogP contribution < -0.4 is 4.74 Å². The van der Waals surface area contributed by atoms with Crippen molar-refractivity contribution in [2.75, 3.05) is 13.1 Å². The van der Waals surface area contributed by atoms with Crippen molar-refractivity contribution in [3.63, 3.8) is 0 Å². The van der Waals surface area contributed by atoms with Crippen molar-refractivity contribution in [3.05, 3.63) is 59.4 Å². The van der Waals surface area contributed by atoms with E-state index in [0.717, 1.165) is 29.8 Å². The van der Waals surface area contributed by atoms with Gasteiger partial charge >= 0.3 is 0 Å². The topological polar surface area (TPSA) is 55.6 Å². The van der Waals surface area contributed by atoms with Gasteiger partial charge in [-0.25, -0.2) is 4.98 Å². The molecule has 2 heterocycles. The molecule has 5 nitrogen and oxygen atoms in total. The maximum absolute atomic E-state index is 12.7. The van der Waals surface area contributed by atoms with E-state index in [1.165, 1.54) is 0 Å². The molecule has 140 valence electrons. The fourth-order valence-electron chi connectivity index (χ4n) is 3.45. The van der Waals surface area contributed by atoms with Gasteiger partial charge in [0.15, 0.2) is 17.6 Å². The van der Waals surface area contributed by atoms with Crippen molar-refractivity contribution in [2.45, 2.75) is 31.8 Å². The smallest absolute Gasteiger partial charge is 0.263 e. The normalized spacial score (nSPS) is 16.4. The summed E-state index contributed by atoms with van der Waals surface area (Å²) in [6, 6.07) is 15.0. The number of piperidine rings is 1. The number of oxazole rings is 1. The number of para-hydroxylation sites is 3. The van der Waals surface area contributed by atoms with Gasteiger partial charge in [-0.3, -0.25) is 4.79 Å². The summed E-state index contributed by atoms with van der Waals surface area (Å²) in [5, 5.41) is 0.506. The van der Waals surface area contributed by atoms with Gasteiger partial charge in [-0.2, -0.15) is 0 Å². The zero-order chi connectivity index (χ0) is 18.8. The summed E-state index contributed by atoms with van der Waals surface area (Å²) in [4.78, 5) is 19.2. The number of likely N-dealkylation sites (tertiary alicyclic amines) is 1. The van der Waals surface area contributed by atoms with Crippen molar-refractivity contribution in [3.8, 4) is 5.75 Å². The number of aromatic nitrogens is 1. The van der Waals surface area contributed by atoms with E-state index in [4.69, 9.17) is 20.8 Å². The van der Waals surface area contributed by atoms with Crippen LogP contribution in [0.25, 0.3) is 11.1 Å². The molecule has 1 aliphatic heterocycles. The standard InChI is InChI=1S/C21H21ClN2O3/c1-14(26-18-8-4-2-6-16(18)22)21(25)24-12-10-15(11-13-24)20-23-17-7-3-5-9-19(17)27-20/h2-9,14-15H,10-13H2,1H3. The summed E-state index contributed by atoms with van der Waals surface area (Å²) in [6.45, 7) is 3.09. The summed E-state index contributed by atoms with van der Waals surface area (Å²) in [5.41, 5.74) is 1.69. The number of fused-ring (bicyclic) bond motifs is 1. The molecule has 0 aliphatic carbocycles. The number of benzene rings is 2. The summed E-state index contributed by atoms with van der Waals surface area (Å²) in [7, 11) is 0. The third kappa shape index (κ3) is 3.78. The highest BCUT2D eigenvalue weighted by Crippen LogP contribution is 2.30. The molecule has 0 radical (unpaired) electrons. The van der Waals surface area contributed by atoms with Crippen LogP contribution in [0.5, 0.6) is 5.75 Å². The number of rotatable bonds is 4. The van der Waals surface area contributed by atoms with Crippen LogP contribution in [0.3, 0.4) is 0 Å². The predicted octanol–water partition coefficient (Wildman–Crippen LogP) is 4.65. The maximum Gasteiger partial charge on any atom is 0.263 e. The third-order valence-corrected chi connectivity index (χ3v) is 5.27. The van der Waals surface area contributed by atoms with Gasteiger partial charge in [-0.15, -0.1) is 0 Å². The van der Waals surface area contributed by atoms with Crippen LogP contribution in [0, 0.1) is 0 Å². The van der Waals surface area contributed by atoms with Crippen LogP contribution in [0.1, 0.15) is 31.6 Å². The minimum absolute atomic E-state index is 0.0223. The Morgan fingerprint density at radius 3 is 2.63 bits per heavy atom. The van der Waals surface area contributed by atoms with Crippen LogP contribution in [0.15, 0.2) is 52.9 Å². The molecule has 1 aromatic heterocycles. The van der Waals surface area contributed by atoms with Crippen molar-refractivity contribution in [1.29, 1.82) is 0 Å². The Balaban J connectivity index is 1.36. The average Bonchev–Trinajstić information content (AvgIpc) is 3.13. The molecule has 4 rings (SSSR count). The molecule has 3 aromatic rings. The molecule has 1 aliphatic rings. The van der Waals surface area contributed by atoms with Gasteiger partial charge in [0, 0.05) is 19.0 Å². The molecule has 1 saturated heterocycles. The molecule has 0 N–H and O–H groups in total. The minimum atomic E-state index is -0.578. The first-order chi connectivity index (χ1) is 13.1. The molecule has 0 bridgehead atoms. The first-order valence-corrected chi connectivity index (χ1v) is 9.55. The third-order valence-electron chi connectivity index (χ3n) is 4.95. The molecule has 1 unspecified atom stereocenters. The van der Waals surface area contributed by atoms with Gasteiger partial charge < -0.3 is 14.1 Å². The van der Waals surface area contributed by atoms with E-state index in [-0.39, 0.29) is 11.8 Å². The van der Waals surface area contributed by atoms with Gasteiger partial charge in [-0.1, -0.05) is 35.9 Å². The molecule has 6 heteroatoms. The molecule has 0 spiro atoms. The van der Waals surface area contributed by atoms with Crippen LogP contribution in [-0.4, -0.2) is 35.0 Å². The molecule has 1 amide bonds. The van der Waals surface area contributed by atoms with Gasteiger partial charge in [0.1, 0.15) is 11.3 Å². The van der Waals surface area contributed by atoms with E-state index in [1.54, 1.807) is 19.1 Å². The first-order valence-electron chi connectivity index (χ1n) is 9.17. The van der Waals surface area contributed by atoms with Crippen LogP contribution in [0.4, 0.5) is 0 Å². The van der Waals surface area contributed by atoms with Crippen molar-refractivity contribution in [1.82, 2.24) is 9.88 Å². The number of halogens is 1. The second-order valence-electron chi connectivity index (χ2n) is 6.81. The molecule has 0 saturated carbocycles. The summed E-state index contributed by atoms with van der Waals surface area (Å²) < 4.78 is 11.6. The second kappa shape index (κ2) is 7.61. The number of nitrogens with zero attached hydrogens (tertiary/aromatic N) is 2. The van der Waals surface area contributed by atoms with Crippen LogP contribution in [0.2, 0.25) is 5.02 Å². The number of ether oxygens (including phenoxy) is 1. The number of hydrogen-bond acceptors (Lipinski definition) is 4. The van der Waals surface area contributed by atoms with Crippen molar-refractivity contribution < 1.29 is 13.9 Å². The highest BCUT2D eigenvalue weighted by molar-refractivity contribution is 6.32. The highest BCUT2D eigenvalue weighted by atomic mass is 35.5. The SMILES string of the molecule is CC(Oc1ccccc1Cl)C(=O)N1CCC(c2nc3ccccc3o2)CC1. The Morgan fingerprint density at radius 2 is 1.89 bits per heavy atom. The van der Waals surface area contributed by atoms with Gasteiger partial charge in [0.25, 0.3) is 5.91 Å². The Hall–Kier alpha value is -2.53. The quantitative estimate of drug-likeness (QED) is 0.656. The van der Waals surface area contributed by atoms with Crippen molar-refractivity contribution >= 4 is 28.6 Å². The lowest BCUT2D eigenvalue weighted by Gasteiger charge is -2.32. The maximum atomic E-state index is 12.7. The van der Waals surface area contributed by atoms with Gasteiger partial charge in [-0.05, 0) is 44.0 Å². The van der Waals surface area contributed by atoms with Crippen LogP contribution in [-0.2, 0) is 4.79 Å². The first kappa shape index (κ1) is 17.9. The lowest BCUT2D eigenvalue weighted by molar-refractivity contribution is -0.139. The zero-order valence-corrected chi connectivity index (χ0v) is 15.9. The predicted molar refractivity (Wildman–Crippen MR) is 104 cm³/mol. The fourth-order valence-corrected chi connectivity index (χ4v) is 3.63. The summed E-state index contributed by atoms with van der Waals surface area (Å²) >= 11 is 6.11. The molecule has 1 atom stereocenters. The van der Waals surface area contributed by atoms with E-state index in [2.05, 4.69) is 4.98 Å². The Morgan fingerprint density at radius 1 is 1.19 bits per heavy atom. The second-order valence-corrected chi connectivity index (χ2v) is 7.22. The largest absolute Gasteiger partial charge is 0.479 e. The van der Waals surface area contributed by atoms with E-state index in [1.807, 2.05) is 41.3 Å². The number of amides is 1. The Kier molecular flexibility index (Phi) is 5.03. The molecule has 2 aromatic carbocycles. The lowest BCUT2D eigenvalue weighted by Crippen LogP contribution is -2.44. The summed E-state index contributed by atoms with van der Waals surface area (Å²) in [6.07, 6.45) is 1.08. The Labute approximate surface area is 162 Å². The molecule has 27 heavy (non-hydrogen) atoms. The number of carbonyl (C=O) groups is 1. The molecular formula is C21H21ClN2O3. The fraction of sp³-hybridized carbons (Fsp3) is 0.333. The number of hydrogen-bond donors (Lipinski definition) is 0. The lowest BCUT2D eigenvalue weighted by atomic mass is 9.96. The number of carbonyl (C=O) groups excluding carboxylic acids is 1. The van der Waals surface area contributed by atoms with Gasteiger partial charge in [0.05, 0.1) is 5.02 Å². The van der Waals surface area contributed by atoms with Gasteiger partial charge in [0.2, 0.25) is 0 Å². The van der Waals surface area contributed by atoms with E-state index in [9.17, 15) is 4.79 Å². The van der Waals surface area contributed by atoms with E-state index in [0.29, 0.717) is 23.9 Å². The molecular weight excluding hydrogens is 364 g/mol. The summed E-state index contributed by atoms with van der Waals surface area (Å²) in [5.74, 6) is 1.51. The average molecular weight is 385 g/mol. The monoisotopic (exact) mass is 384 g/mol. The molecule has 1 fully saturated rings. The minimum Gasteiger partial charge on any atom is -0.479 e. The van der Waals surface area contributed by atoms with Crippen LogP contribution >= 0.6 is 11.6 Å².